The first-order chi connectivity index (χ1) is 7.45. The number of amides is 2. The first-order valence-electron chi connectivity index (χ1n) is 5.82. The quantitative estimate of drug-likeness (QED) is 0.740. The lowest BCUT2D eigenvalue weighted by Gasteiger charge is -2.43. The zero-order chi connectivity index (χ0) is 12.3. The standard InChI is InChI=1S/C12H21NO3/c1-5-6-9-11(15)13-10(14)7-12(9,3)8(2)16-4/h8-9H,5-7H2,1-4H3,(H,13,14,15). The van der Waals surface area contributed by atoms with Gasteiger partial charge in [0.1, 0.15) is 0 Å². The van der Waals surface area contributed by atoms with E-state index in [0.717, 1.165) is 12.8 Å². The topological polar surface area (TPSA) is 55.4 Å². The Morgan fingerprint density at radius 1 is 1.56 bits per heavy atom. The minimum Gasteiger partial charge on any atom is -0.381 e. The molecule has 1 heterocycles. The third kappa shape index (κ3) is 2.26. The maximum absolute atomic E-state index is 11.8. The highest BCUT2D eigenvalue weighted by molar-refractivity contribution is 5.99. The molecule has 1 N–H and O–H groups in total. The molecule has 3 unspecified atom stereocenters. The summed E-state index contributed by atoms with van der Waals surface area (Å²) in [6, 6.07) is 0. The summed E-state index contributed by atoms with van der Waals surface area (Å²) in [6.07, 6.45) is 1.99. The predicted molar refractivity (Wildman–Crippen MR) is 60.7 cm³/mol. The Bertz CT molecular complexity index is 290. The molecule has 1 aliphatic heterocycles. The average Bonchev–Trinajstić information content (AvgIpc) is 2.22. The minimum absolute atomic E-state index is 0.0981. The number of nitrogens with one attached hydrogen (secondary N) is 1. The van der Waals surface area contributed by atoms with Crippen molar-refractivity contribution in [3.63, 3.8) is 0 Å². The third-order valence-corrected chi connectivity index (χ3v) is 3.78. The molecule has 4 nitrogen and oxygen atoms in total. The molecule has 0 spiro atoms. The molecule has 0 bridgehead atoms. The molecule has 2 amide bonds. The Morgan fingerprint density at radius 2 is 2.19 bits per heavy atom. The molecule has 3 atom stereocenters. The van der Waals surface area contributed by atoms with E-state index in [1.165, 1.54) is 0 Å². The smallest absolute Gasteiger partial charge is 0.230 e. The Balaban J connectivity index is 2.98. The van der Waals surface area contributed by atoms with Crippen molar-refractivity contribution in [1.82, 2.24) is 5.32 Å². The van der Waals surface area contributed by atoms with Crippen molar-refractivity contribution in [2.75, 3.05) is 7.11 Å². The van der Waals surface area contributed by atoms with Crippen LogP contribution in [0.1, 0.15) is 40.0 Å². The van der Waals surface area contributed by atoms with E-state index in [9.17, 15) is 9.59 Å². The first-order valence-corrected chi connectivity index (χ1v) is 5.82. The minimum atomic E-state index is -0.385. The lowest BCUT2D eigenvalue weighted by atomic mass is 9.66. The summed E-state index contributed by atoms with van der Waals surface area (Å²) in [5.41, 5.74) is -0.385. The van der Waals surface area contributed by atoms with Gasteiger partial charge in [-0.3, -0.25) is 14.9 Å². The van der Waals surface area contributed by atoms with Gasteiger partial charge in [0, 0.05) is 24.9 Å². The maximum Gasteiger partial charge on any atom is 0.230 e. The second kappa shape index (κ2) is 4.95. The van der Waals surface area contributed by atoms with Gasteiger partial charge in [-0.15, -0.1) is 0 Å². The number of methoxy groups -OCH3 is 1. The van der Waals surface area contributed by atoms with Crippen LogP contribution in [-0.4, -0.2) is 25.0 Å². The van der Waals surface area contributed by atoms with Crippen LogP contribution in [0, 0.1) is 11.3 Å². The molecule has 4 heteroatoms. The molecule has 0 aromatic carbocycles. The highest BCUT2D eigenvalue weighted by atomic mass is 16.5. The zero-order valence-electron chi connectivity index (χ0n) is 10.5. The SMILES string of the molecule is CCCC1C(=O)NC(=O)CC1(C)C(C)OC. The number of rotatable bonds is 4. The van der Waals surface area contributed by atoms with Gasteiger partial charge in [-0.05, 0) is 13.3 Å². The predicted octanol–water partition coefficient (Wildman–Crippen LogP) is 1.49. The van der Waals surface area contributed by atoms with Crippen molar-refractivity contribution < 1.29 is 14.3 Å². The Labute approximate surface area is 96.7 Å². The summed E-state index contributed by atoms with van der Waals surface area (Å²) in [5, 5.41) is 2.41. The Hall–Kier alpha value is -0.900. The highest BCUT2D eigenvalue weighted by Gasteiger charge is 2.48. The summed E-state index contributed by atoms with van der Waals surface area (Å²) >= 11 is 0. The molecule has 1 saturated heterocycles. The number of piperidine rings is 1. The molecule has 0 aromatic rings. The van der Waals surface area contributed by atoms with Crippen LogP contribution in [0.15, 0.2) is 0 Å². The van der Waals surface area contributed by atoms with Crippen LogP contribution in [0.3, 0.4) is 0 Å². The monoisotopic (exact) mass is 227 g/mol. The van der Waals surface area contributed by atoms with Gasteiger partial charge < -0.3 is 4.74 Å². The normalized spacial score (nSPS) is 32.4. The number of ether oxygens (including phenoxy) is 1. The van der Waals surface area contributed by atoms with Gasteiger partial charge in [0.15, 0.2) is 0 Å². The van der Waals surface area contributed by atoms with E-state index in [0.29, 0.717) is 6.42 Å². The fourth-order valence-corrected chi connectivity index (χ4v) is 2.48. The summed E-state index contributed by atoms with van der Waals surface area (Å²) in [5.74, 6) is -0.474. The van der Waals surface area contributed by atoms with Crippen LogP contribution in [0.4, 0.5) is 0 Å². The maximum atomic E-state index is 11.8. The van der Waals surface area contributed by atoms with Crippen molar-refractivity contribution in [3.8, 4) is 0 Å². The summed E-state index contributed by atoms with van der Waals surface area (Å²) in [7, 11) is 1.62. The van der Waals surface area contributed by atoms with Crippen molar-refractivity contribution in [1.29, 1.82) is 0 Å². The van der Waals surface area contributed by atoms with Crippen LogP contribution >= 0.6 is 0 Å². The van der Waals surface area contributed by atoms with Crippen LogP contribution in [0.25, 0.3) is 0 Å². The van der Waals surface area contributed by atoms with E-state index in [-0.39, 0.29) is 29.3 Å². The van der Waals surface area contributed by atoms with E-state index in [1.807, 2.05) is 20.8 Å². The van der Waals surface area contributed by atoms with Crippen molar-refractivity contribution in [2.45, 2.75) is 46.1 Å². The number of imide groups is 1. The van der Waals surface area contributed by atoms with E-state index in [1.54, 1.807) is 7.11 Å². The molecule has 92 valence electrons. The molecule has 1 fully saturated rings. The molecule has 0 aliphatic carbocycles. The van der Waals surface area contributed by atoms with Gasteiger partial charge >= 0.3 is 0 Å². The number of hydrogen-bond donors (Lipinski definition) is 1. The largest absolute Gasteiger partial charge is 0.381 e. The van der Waals surface area contributed by atoms with Crippen LogP contribution in [-0.2, 0) is 14.3 Å². The van der Waals surface area contributed by atoms with Crippen LogP contribution < -0.4 is 5.32 Å². The zero-order valence-corrected chi connectivity index (χ0v) is 10.5. The van der Waals surface area contributed by atoms with Crippen molar-refractivity contribution in [3.05, 3.63) is 0 Å². The summed E-state index contributed by atoms with van der Waals surface area (Å²) in [4.78, 5) is 23.3. The number of hydrogen-bond acceptors (Lipinski definition) is 3. The molecular weight excluding hydrogens is 206 g/mol. The van der Waals surface area contributed by atoms with Crippen molar-refractivity contribution in [2.24, 2.45) is 11.3 Å². The molecule has 0 saturated carbocycles. The van der Waals surface area contributed by atoms with Gasteiger partial charge in [-0.2, -0.15) is 0 Å². The molecule has 16 heavy (non-hydrogen) atoms. The number of carbonyl (C=O) groups excluding carboxylic acids is 2. The lowest BCUT2D eigenvalue weighted by Crippen LogP contribution is -2.55. The first kappa shape index (κ1) is 13.2. The van der Waals surface area contributed by atoms with E-state index in [2.05, 4.69) is 5.32 Å². The summed E-state index contributed by atoms with van der Waals surface area (Å²) in [6.45, 7) is 5.94. The second-order valence-corrected chi connectivity index (χ2v) is 4.81. The summed E-state index contributed by atoms with van der Waals surface area (Å²) < 4.78 is 5.33. The van der Waals surface area contributed by atoms with Gasteiger partial charge in [0.2, 0.25) is 11.8 Å². The molecule has 0 radical (unpaired) electrons. The van der Waals surface area contributed by atoms with Gasteiger partial charge in [0.05, 0.1) is 6.10 Å². The number of carbonyl (C=O) groups is 2. The average molecular weight is 227 g/mol. The van der Waals surface area contributed by atoms with Gasteiger partial charge in [-0.25, -0.2) is 0 Å². The molecule has 1 rings (SSSR count). The van der Waals surface area contributed by atoms with Crippen LogP contribution in [0.2, 0.25) is 0 Å². The van der Waals surface area contributed by atoms with Gasteiger partial charge in [-0.1, -0.05) is 20.3 Å². The highest BCUT2D eigenvalue weighted by Crippen LogP contribution is 2.41. The van der Waals surface area contributed by atoms with Crippen LogP contribution in [0.5, 0.6) is 0 Å². The molecule has 0 aromatic heterocycles. The fraction of sp³-hybridized carbons (Fsp3) is 0.833. The van der Waals surface area contributed by atoms with E-state index in [4.69, 9.17) is 4.74 Å². The Kier molecular flexibility index (Phi) is 4.08. The second-order valence-electron chi connectivity index (χ2n) is 4.81. The van der Waals surface area contributed by atoms with Crippen molar-refractivity contribution >= 4 is 11.8 Å². The third-order valence-electron chi connectivity index (χ3n) is 3.78. The fourth-order valence-electron chi connectivity index (χ4n) is 2.48. The Morgan fingerprint density at radius 3 is 2.69 bits per heavy atom. The van der Waals surface area contributed by atoms with E-state index < -0.39 is 0 Å². The van der Waals surface area contributed by atoms with E-state index >= 15 is 0 Å². The molecule has 1 aliphatic rings. The lowest BCUT2D eigenvalue weighted by molar-refractivity contribution is -0.150. The molecular formula is C12H21NO3. The van der Waals surface area contributed by atoms with Gasteiger partial charge in [0.25, 0.3) is 0 Å².